The van der Waals surface area contributed by atoms with Gasteiger partial charge in [0.1, 0.15) is 13.3 Å². The lowest BCUT2D eigenvalue weighted by Gasteiger charge is -2.28. The van der Waals surface area contributed by atoms with Gasteiger partial charge < -0.3 is 9.62 Å². The number of methoxy groups -OCH3 is 1. The molecule has 0 fully saturated rings. The second kappa shape index (κ2) is 10.1. The highest BCUT2D eigenvalue weighted by Gasteiger charge is 2.33. The van der Waals surface area contributed by atoms with Gasteiger partial charge in [0.15, 0.2) is 0 Å². The fraction of sp³-hybridized carbons (Fsp3) is 0.350. The highest BCUT2D eigenvalue weighted by atomic mass is 17.2. The maximum atomic E-state index is 13.0. The molecule has 0 saturated heterocycles. The lowest BCUT2D eigenvalue weighted by atomic mass is 9.93. The molecule has 160 valence electrons. The second-order valence-electron chi connectivity index (χ2n) is 6.36. The first-order chi connectivity index (χ1) is 14.6. The molecule has 0 aliphatic carbocycles. The van der Waals surface area contributed by atoms with Crippen molar-refractivity contribution in [2.75, 3.05) is 52.9 Å². The summed E-state index contributed by atoms with van der Waals surface area (Å²) >= 11 is 0. The number of nitrogens with one attached hydrogen (secondary N) is 1. The molecule has 0 aromatic heterocycles. The van der Waals surface area contributed by atoms with Crippen molar-refractivity contribution in [1.82, 2.24) is 10.2 Å². The predicted molar refractivity (Wildman–Crippen MR) is 110 cm³/mol. The summed E-state index contributed by atoms with van der Waals surface area (Å²) in [6, 6.07) is 8.84. The van der Waals surface area contributed by atoms with E-state index in [2.05, 4.69) is 15.2 Å². The summed E-state index contributed by atoms with van der Waals surface area (Å²) in [5, 5.41) is 5.90. The number of amides is 2. The Labute approximate surface area is 173 Å². The SMILES string of the molecule is CN=COOCCN1C(=O)c2cccc3c(N(C)OCNCOC)ccc(c23)C1=O. The molecule has 10 heteroatoms. The van der Waals surface area contributed by atoms with Crippen LogP contribution in [0.2, 0.25) is 0 Å². The minimum atomic E-state index is -0.381. The topological polar surface area (TPSA) is 102 Å². The number of benzene rings is 2. The fourth-order valence-electron chi connectivity index (χ4n) is 3.21. The molecule has 1 aliphatic heterocycles. The fourth-order valence-corrected chi connectivity index (χ4v) is 3.21. The Bertz CT molecular complexity index is 926. The van der Waals surface area contributed by atoms with Gasteiger partial charge >= 0.3 is 0 Å². The van der Waals surface area contributed by atoms with Crippen LogP contribution in [0.15, 0.2) is 35.3 Å². The maximum absolute atomic E-state index is 13.0. The number of hydrogen-bond acceptors (Lipinski definition) is 9. The van der Waals surface area contributed by atoms with E-state index in [1.54, 1.807) is 43.5 Å². The second-order valence-corrected chi connectivity index (χ2v) is 6.36. The Morgan fingerprint density at radius 3 is 2.63 bits per heavy atom. The first-order valence-corrected chi connectivity index (χ1v) is 9.27. The molecule has 30 heavy (non-hydrogen) atoms. The van der Waals surface area contributed by atoms with Crippen LogP contribution in [0.4, 0.5) is 5.69 Å². The maximum Gasteiger partial charge on any atom is 0.261 e. The molecule has 0 spiro atoms. The number of anilines is 1. The summed E-state index contributed by atoms with van der Waals surface area (Å²) in [6.07, 6.45) is 1.13. The summed E-state index contributed by atoms with van der Waals surface area (Å²) in [6.45, 7) is 0.680. The zero-order chi connectivity index (χ0) is 21.5. The van der Waals surface area contributed by atoms with Crippen molar-refractivity contribution >= 4 is 34.7 Å². The highest BCUT2D eigenvalue weighted by molar-refractivity contribution is 6.26. The van der Waals surface area contributed by atoms with Gasteiger partial charge in [-0.1, -0.05) is 12.1 Å². The largest absolute Gasteiger partial charge is 0.369 e. The first kappa shape index (κ1) is 21.7. The Kier molecular flexibility index (Phi) is 7.31. The van der Waals surface area contributed by atoms with Gasteiger partial charge in [0.05, 0.1) is 19.0 Å². The molecule has 1 heterocycles. The van der Waals surface area contributed by atoms with E-state index in [1.807, 2.05) is 6.07 Å². The molecule has 0 saturated carbocycles. The Balaban J connectivity index is 1.85. The van der Waals surface area contributed by atoms with Crippen LogP contribution in [0.25, 0.3) is 10.8 Å². The number of hydroxylamine groups is 1. The van der Waals surface area contributed by atoms with Crippen LogP contribution in [0.1, 0.15) is 20.7 Å². The molecule has 0 bridgehead atoms. The van der Waals surface area contributed by atoms with Gasteiger partial charge in [-0.3, -0.25) is 34.7 Å². The monoisotopic (exact) mass is 416 g/mol. The lowest BCUT2D eigenvalue weighted by Crippen LogP contribution is -2.42. The van der Waals surface area contributed by atoms with Gasteiger partial charge in [-0.05, 0) is 18.2 Å². The van der Waals surface area contributed by atoms with Gasteiger partial charge in [0.2, 0.25) is 6.40 Å². The molecule has 2 amide bonds. The smallest absolute Gasteiger partial charge is 0.261 e. The number of imide groups is 1. The molecule has 0 atom stereocenters. The van der Waals surface area contributed by atoms with Crippen LogP contribution in [0.5, 0.6) is 0 Å². The number of ether oxygens (including phenoxy) is 1. The van der Waals surface area contributed by atoms with Crippen molar-refractivity contribution in [2.45, 2.75) is 0 Å². The summed E-state index contributed by atoms with van der Waals surface area (Å²) in [5.74, 6) is -0.762. The number of nitrogens with zero attached hydrogens (tertiary/aromatic N) is 3. The third kappa shape index (κ3) is 4.41. The zero-order valence-corrected chi connectivity index (χ0v) is 17.1. The minimum absolute atomic E-state index is 0.0257. The summed E-state index contributed by atoms with van der Waals surface area (Å²) < 4.78 is 4.92. The summed E-state index contributed by atoms with van der Waals surface area (Å²) in [7, 11) is 4.87. The Hall–Kier alpha value is -3.05. The van der Waals surface area contributed by atoms with E-state index in [1.165, 1.54) is 7.05 Å². The van der Waals surface area contributed by atoms with Crippen molar-refractivity contribution in [3.05, 3.63) is 41.5 Å². The van der Waals surface area contributed by atoms with E-state index in [0.29, 0.717) is 23.2 Å². The number of carbonyl (C=O) groups is 2. The Morgan fingerprint density at radius 2 is 1.90 bits per heavy atom. The molecule has 2 aromatic carbocycles. The van der Waals surface area contributed by atoms with Crippen LogP contribution < -0.4 is 10.4 Å². The van der Waals surface area contributed by atoms with E-state index in [9.17, 15) is 9.59 Å². The number of hydrogen-bond donors (Lipinski definition) is 1. The van der Waals surface area contributed by atoms with Gasteiger partial charge in [0, 0.05) is 43.1 Å². The van der Waals surface area contributed by atoms with Crippen LogP contribution in [-0.4, -0.2) is 70.9 Å². The van der Waals surface area contributed by atoms with Crippen LogP contribution in [0.3, 0.4) is 0 Å². The lowest BCUT2D eigenvalue weighted by molar-refractivity contribution is -0.216. The van der Waals surface area contributed by atoms with Crippen molar-refractivity contribution in [1.29, 1.82) is 0 Å². The normalized spacial score (nSPS) is 13.5. The highest BCUT2D eigenvalue weighted by Crippen LogP contribution is 2.35. The number of aliphatic imine (C=N–C) groups is 1. The number of carbonyl (C=O) groups excluding carboxylic acids is 2. The van der Waals surface area contributed by atoms with Gasteiger partial charge in [-0.15, -0.1) is 0 Å². The number of rotatable bonds is 11. The molecular formula is C20H24N4O6. The van der Waals surface area contributed by atoms with Crippen molar-refractivity contribution < 1.29 is 28.9 Å². The van der Waals surface area contributed by atoms with Crippen LogP contribution in [-0.2, 0) is 19.3 Å². The van der Waals surface area contributed by atoms with E-state index >= 15 is 0 Å². The third-order valence-corrected chi connectivity index (χ3v) is 4.53. The molecule has 2 aromatic rings. The van der Waals surface area contributed by atoms with Crippen molar-refractivity contribution in [3.8, 4) is 0 Å². The quantitative estimate of drug-likeness (QED) is 0.112. The van der Waals surface area contributed by atoms with E-state index in [0.717, 1.165) is 22.4 Å². The molecule has 0 unspecified atom stereocenters. The predicted octanol–water partition coefficient (Wildman–Crippen LogP) is 1.56. The van der Waals surface area contributed by atoms with Gasteiger partial charge in [-0.25, -0.2) is 0 Å². The average molecular weight is 416 g/mol. The van der Waals surface area contributed by atoms with Crippen LogP contribution >= 0.6 is 0 Å². The summed E-state index contributed by atoms with van der Waals surface area (Å²) in [5.41, 5.74) is 1.64. The Morgan fingerprint density at radius 1 is 1.13 bits per heavy atom. The molecule has 1 N–H and O–H groups in total. The standard InChI is InChI=1S/C20H24N4O6/c1-21-11-30-29-10-9-24-19(25)15-6-4-5-14-17(23(2)28-13-22-12-27-3)8-7-16(18(14)15)20(24)26/h4-8,11,22H,9-10,12-13H2,1-3H3. The summed E-state index contributed by atoms with van der Waals surface area (Å²) in [4.78, 5) is 46.0. The van der Waals surface area contributed by atoms with E-state index in [-0.39, 0.29) is 31.7 Å². The van der Waals surface area contributed by atoms with Gasteiger partial charge in [0.25, 0.3) is 11.8 Å². The third-order valence-electron chi connectivity index (χ3n) is 4.53. The van der Waals surface area contributed by atoms with E-state index < -0.39 is 0 Å². The van der Waals surface area contributed by atoms with E-state index in [4.69, 9.17) is 14.5 Å². The first-order valence-electron chi connectivity index (χ1n) is 9.27. The molecule has 10 nitrogen and oxygen atoms in total. The molecular weight excluding hydrogens is 392 g/mol. The molecule has 1 aliphatic rings. The van der Waals surface area contributed by atoms with Crippen molar-refractivity contribution in [3.63, 3.8) is 0 Å². The van der Waals surface area contributed by atoms with Crippen molar-refractivity contribution in [2.24, 2.45) is 4.99 Å². The van der Waals surface area contributed by atoms with Gasteiger partial charge in [-0.2, -0.15) is 4.89 Å². The average Bonchev–Trinajstić information content (AvgIpc) is 2.76. The van der Waals surface area contributed by atoms with Crippen LogP contribution in [0, 0.1) is 0 Å². The minimum Gasteiger partial charge on any atom is -0.369 e. The zero-order valence-electron chi connectivity index (χ0n) is 17.1. The molecule has 0 radical (unpaired) electrons. The molecule has 3 rings (SSSR count).